The lowest BCUT2D eigenvalue weighted by Gasteiger charge is -2.40. The Bertz CT molecular complexity index is 208. The minimum absolute atomic E-state index is 0.0718. The molecule has 0 spiro atoms. The molecule has 4 nitrogen and oxygen atoms in total. The highest BCUT2D eigenvalue weighted by atomic mass is 16.5. The second-order valence-corrected chi connectivity index (χ2v) is 5.19. The van der Waals surface area contributed by atoms with Gasteiger partial charge in [0.15, 0.2) is 0 Å². The Hall–Kier alpha value is -0.160. The number of nitrogens with one attached hydrogen (secondary N) is 1. The Balaban J connectivity index is 2.22. The molecular formula is C13H28N2O2. The predicted molar refractivity (Wildman–Crippen MR) is 70.4 cm³/mol. The van der Waals surface area contributed by atoms with E-state index >= 15 is 0 Å². The summed E-state index contributed by atoms with van der Waals surface area (Å²) < 4.78 is 11.1. The number of nitrogens with zero attached hydrogens (tertiary/aromatic N) is 1. The van der Waals surface area contributed by atoms with Crippen molar-refractivity contribution in [2.24, 2.45) is 0 Å². The number of hydrogen-bond acceptors (Lipinski definition) is 4. The summed E-state index contributed by atoms with van der Waals surface area (Å²) in [4.78, 5) is 2.44. The van der Waals surface area contributed by atoms with Crippen LogP contribution in [0.15, 0.2) is 0 Å². The molecule has 102 valence electrons. The van der Waals surface area contributed by atoms with Gasteiger partial charge < -0.3 is 14.8 Å². The average molecular weight is 244 g/mol. The van der Waals surface area contributed by atoms with Crippen molar-refractivity contribution in [3.63, 3.8) is 0 Å². The molecule has 17 heavy (non-hydrogen) atoms. The van der Waals surface area contributed by atoms with Crippen molar-refractivity contribution in [3.8, 4) is 0 Å². The van der Waals surface area contributed by atoms with Crippen LogP contribution in [0.4, 0.5) is 0 Å². The van der Waals surface area contributed by atoms with Gasteiger partial charge in [0.2, 0.25) is 0 Å². The van der Waals surface area contributed by atoms with Gasteiger partial charge in [-0.05, 0) is 20.3 Å². The van der Waals surface area contributed by atoms with Crippen molar-refractivity contribution >= 4 is 0 Å². The maximum absolute atomic E-state index is 5.93. The fraction of sp³-hybridized carbons (Fsp3) is 1.00. The molecule has 0 bridgehead atoms. The molecule has 0 aliphatic carbocycles. The molecule has 1 N–H and O–H groups in total. The van der Waals surface area contributed by atoms with Gasteiger partial charge >= 0.3 is 0 Å². The van der Waals surface area contributed by atoms with Crippen LogP contribution in [0.5, 0.6) is 0 Å². The molecule has 1 rings (SSSR count). The first-order valence-electron chi connectivity index (χ1n) is 6.69. The zero-order valence-corrected chi connectivity index (χ0v) is 11.8. The Kier molecular flexibility index (Phi) is 6.41. The summed E-state index contributed by atoms with van der Waals surface area (Å²) in [5, 5.41) is 3.25. The van der Waals surface area contributed by atoms with Crippen molar-refractivity contribution < 1.29 is 9.47 Å². The number of methoxy groups -OCH3 is 1. The third-order valence-corrected chi connectivity index (χ3v) is 3.62. The topological polar surface area (TPSA) is 33.7 Å². The zero-order chi connectivity index (χ0) is 12.7. The van der Waals surface area contributed by atoms with Crippen LogP contribution in [-0.4, -0.2) is 63.0 Å². The Morgan fingerprint density at radius 3 is 2.41 bits per heavy atom. The smallest absolute Gasteiger partial charge is 0.0902 e. The van der Waals surface area contributed by atoms with E-state index in [4.69, 9.17) is 9.47 Å². The highest BCUT2D eigenvalue weighted by Crippen LogP contribution is 2.15. The van der Waals surface area contributed by atoms with Crippen LogP contribution in [0.25, 0.3) is 0 Å². The lowest BCUT2D eigenvalue weighted by molar-refractivity contribution is -0.0750. The Labute approximate surface area is 106 Å². The van der Waals surface area contributed by atoms with E-state index < -0.39 is 0 Å². The van der Waals surface area contributed by atoms with Gasteiger partial charge in [-0.15, -0.1) is 0 Å². The van der Waals surface area contributed by atoms with E-state index in [1.807, 2.05) is 0 Å². The van der Waals surface area contributed by atoms with Crippen molar-refractivity contribution in [2.75, 3.05) is 46.5 Å². The minimum Gasteiger partial charge on any atom is -0.383 e. The van der Waals surface area contributed by atoms with E-state index in [0.29, 0.717) is 6.04 Å². The molecule has 0 aromatic rings. The third kappa shape index (κ3) is 4.92. The summed E-state index contributed by atoms with van der Waals surface area (Å²) in [6.45, 7) is 12.2. The summed E-state index contributed by atoms with van der Waals surface area (Å²) >= 11 is 0. The van der Waals surface area contributed by atoms with Crippen LogP contribution < -0.4 is 5.32 Å². The Morgan fingerprint density at radius 2 is 1.94 bits per heavy atom. The molecule has 4 heteroatoms. The summed E-state index contributed by atoms with van der Waals surface area (Å²) in [6, 6.07) is 0.598. The number of ether oxygens (including phenoxy) is 2. The highest BCUT2D eigenvalue weighted by Gasteiger charge is 2.32. The molecule has 1 aliphatic rings. The van der Waals surface area contributed by atoms with Gasteiger partial charge in [0.05, 0.1) is 18.8 Å². The molecule has 0 radical (unpaired) electrons. The maximum atomic E-state index is 5.93. The zero-order valence-electron chi connectivity index (χ0n) is 11.8. The molecule has 1 atom stereocenters. The van der Waals surface area contributed by atoms with Gasteiger partial charge in [0, 0.05) is 39.3 Å². The van der Waals surface area contributed by atoms with Crippen molar-refractivity contribution in [2.45, 2.75) is 38.8 Å². The van der Waals surface area contributed by atoms with E-state index in [1.165, 1.54) is 6.42 Å². The van der Waals surface area contributed by atoms with Crippen LogP contribution in [0.1, 0.15) is 27.2 Å². The molecule has 0 aromatic carbocycles. The lowest BCUT2D eigenvalue weighted by Crippen LogP contribution is -2.59. The van der Waals surface area contributed by atoms with Gasteiger partial charge in [-0.3, -0.25) is 4.90 Å². The second kappa shape index (κ2) is 7.31. The van der Waals surface area contributed by atoms with Gasteiger partial charge in [0.1, 0.15) is 0 Å². The fourth-order valence-electron chi connectivity index (χ4n) is 2.01. The quantitative estimate of drug-likeness (QED) is 0.659. The normalized spacial score (nSPS) is 20.3. The molecule has 1 aliphatic heterocycles. The van der Waals surface area contributed by atoms with Crippen LogP contribution in [0.2, 0.25) is 0 Å². The van der Waals surface area contributed by atoms with Gasteiger partial charge in [0.25, 0.3) is 0 Å². The molecular weight excluding hydrogens is 216 g/mol. The van der Waals surface area contributed by atoms with E-state index in [2.05, 4.69) is 31.0 Å². The molecule has 0 amide bonds. The fourth-order valence-corrected chi connectivity index (χ4v) is 2.01. The molecule has 1 heterocycles. The Morgan fingerprint density at radius 1 is 1.29 bits per heavy atom. The van der Waals surface area contributed by atoms with Crippen molar-refractivity contribution in [1.29, 1.82) is 0 Å². The molecule has 0 saturated carbocycles. The van der Waals surface area contributed by atoms with Gasteiger partial charge in [-0.1, -0.05) is 6.92 Å². The van der Waals surface area contributed by atoms with Crippen molar-refractivity contribution in [1.82, 2.24) is 10.2 Å². The van der Waals surface area contributed by atoms with E-state index in [-0.39, 0.29) is 5.60 Å². The van der Waals surface area contributed by atoms with E-state index in [0.717, 1.165) is 39.4 Å². The minimum atomic E-state index is 0.0718. The first-order chi connectivity index (χ1) is 8.11. The van der Waals surface area contributed by atoms with E-state index in [9.17, 15) is 0 Å². The molecule has 1 fully saturated rings. The first kappa shape index (κ1) is 14.9. The lowest BCUT2D eigenvalue weighted by atomic mass is 10.0. The SMILES string of the molecule is CCC(C)N(CCOC)CCOC1(C)CNC1. The first-order valence-corrected chi connectivity index (χ1v) is 6.69. The average Bonchev–Trinajstić information content (AvgIpc) is 2.30. The highest BCUT2D eigenvalue weighted by molar-refractivity contribution is 4.90. The van der Waals surface area contributed by atoms with Gasteiger partial charge in [-0.2, -0.15) is 0 Å². The van der Waals surface area contributed by atoms with Crippen LogP contribution >= 0.6 is 0 Å². The van der Waals surface area contributed by atoms with Crippen LogP contribution in [0.3, 0.4) is 0 Å². The predicted octanol–water partition coefficient (Wildman–Crippen LogP) is 1.11. The molecule has 1 unspecified atom stereocenters. The number of rotatable bonds is 9. The maximum Gasteiger partial charge on any atom is 0.0902 e. The summed E-state index contributed by atoms with van der Waals surface area (Å²) in [5.74, 6) is 0. The summed E-state index contributed by atoms with van der Waals surface area (Å²) in [5.41, 5.74) is 0.0718. The summed E-state index contributed by atoms with van der Waals surface area (Å²) in [6.07, 6.45) is 1.17. The van der Waals surface area contributed by atoms with Gasteiger partial charge in [-0.25, -0.2) is 0 Å². The largest absolute Gasteiger partial charge is 0.383 e. The third-order valence-electron chi connectivity index (χ3n) is 3.62. The monoisotopic (exact) mass is 244 g/mol. The molecule has 1 saturated heterocycles. The van der Waals surface area contributed by atoms with Crippen LogP contribution in [0, 0.1) is 0 Å². The second-order valence-electron chi connectivity index (χ2n) is 5.19. The number of hydrogen-bond donors (Lipinski definition) is 1. The molecule has 0 aromatic heterocycles. The van der Waals surface area contributed by atoms with Crippen LogP contribution in [-0.2, 0) is 9.47 Å². The van der Waals surface area contributed by atoms with Crippen molar-refractivity contribution in [3.05, 3.63) is 0 Å². The summed E-state index contributed by atoms with van der Waals surface area (Å²) in [7, 11) is 1.76. The van der Waals surface area contributed by atoms with E-state index in [1.54, 1.807) is 7.11 Å². The standard InChI is InChI=1S/C13H28N2O2/c1-5-12(2)15(6-8-16-4)7-9-17-13(3)10-14-11-13/h12,14H,5-11H2,1-4H3.